The predicted molar refractivity (Wildman–Crippen MR) is 117 cm³/mol. The summed E-state index contributed by atoms with van der Waals surface area (Å²) in [5.74, 6) is 1.11. The van der Waals surface area contributed by atoms with Crippen LogP contribution >= 0.6 is 23.4 Å². The number of amides is 1. The summed E-state index contributed by atoms with van der Waals surface area (Å²) >= 11 is 7.66. The number of hydrogen-bond donors (Lipinski definition) is 0. The van der Waals surface area contributed by atoms with Crippen molar-refractivity contribution in [3.63, 3.8) is 0 Å². The van der Waals surface area contributed by atoms with Gasteiger partial charge in [0.15, 0.2) is 0 Å². The molecule has 3 rings (SSSR count). The molecule has 0 atom stereocenters. The highest BCUT2D eigenvalue weighted by Gasteiger charge is 2.12. The Morgan fingerprint density at radius 1 is 1.11 bits per heavy atom. The molecule has 0 N–H and O–H groups in total. The molecule has 0 bridgehead atoms. The molecule has 28 heavy (non-hydrogen) atoms. The molecule has 1 aliphatic heterocycles. The number of halogens is 1. The van der Waals surface area contributed by atoms with Crippen LogP contribution in [0, 0.1) is 0 Å². The molecule has 1 aliphatic rings. The Kier molecular flexibility index (Phi) is 8.07. The lowest BCUT2D eigenvalue weighted by Gasteiger charge is -2.29. The van der Waals surface area contributed by atoms with Crippen LogP contribution < -0.4 is 4.90 Å². The number of morpholine rings is 1. The Hall–Kier alpha value is -1.69. The van der Waals surface area contributed by atoms with E-state index in [9.17, 15) is 4.79 Å². The Morgan fingerprint density at radius 2 is 1.79 bits per heavy atom. The monoisotopic (exact) mass is 418 g/mol. The van der Waals surface area contributed by atoms with Gasteiger partial charge in [-0.25, -0.2) is 0 Å². The van der Waals surface area contributed by atoms with Gasteiger partial charge in [0.2, 0.25) is 5.91 Å². The van der Waals surface area contributed by atoms with Crippen LogP contribution in [0.25, 0.3) is 0 Å². The van der Waals surface area contributed by atoms with Gasteiger partial charge in [-0.3, -0.25) is 4.79 Å². The van der Waals surface area contributed by atoms with Gasteiger partial charge in [0.1, 0.15) is 0 Å². The second-order valence-corrected chi connectivity index (χ2v) is 8.53. The summed E-state index contributed by atoms with van der Waals surface area (Å²) in [4.78, 5) is 17.7. The molecule has 0 saturated carbocycles. The van der Waals surface area contributed by atoms with E-state index in [-0.39, 0.29) is 5.91 Å². The van der Waals surface area contributed by atoms with Gasteiger partial charge in [0.05, 0.1) is 13.2 Å². The smallest absolute Gasteiger partial charge is 0.222 e. The summed E-state index contributed by atoms with van der Waals surface area (Å²) in [5.41, 5.74) is 2.38. The molecule has 0 aliphatic carbocycles. The molecule has 6 heteroatoms. The van der Waals surface area contributed by atoms with Crippen LogP contribution in [0.4, 0.5) is 5.69 Å². The zero-order valence-electron chi connectivity index (χ0n) is 16.3. The first-order valence-corrected chi connectivity index (χ1v) is 11.0. The first-order chi connectivity index (χ1) is 13.6. The van der Waals surface area contributed by atoms with Crippen LogP contribution in [0.5, 0.6) is 0 Å². The zero-order chi connectivity index (χ0) is 19.8. The van der Waals surface area contributed by atoms with Gasteiger partial charge in [-0.2, -0.15) is 0 Å². The fourth-order valence-corrected chi connectivity index (χ4v) is 4.11. The van der Waals surface area contributed by atoms with E-state index in [0.29, 0.717) is 13.0 Å². The highest BCUT2D eigenvalue weighted by Crippen LogP contribution is 2.22. The largest absolute Gasteiger partial charge is 0.378 e. The number of thioether (sulfide) groups is 1. The summed E-state index contributed by atoms with van der Waals surface area (Å²) in [6, 6.07) is 16.3. The first-order valence-electron chi connectivity index (χ1n) is 9.66. The number of benzene rings is 2. The number of nitrogens with zero attached hydrogens (tertiary/aromatic N) is 2. The topological polar surface area (TPSA) is 32.8 Å². The molecule has 0 unspecified atom stereocenters. The molecule has 1 saturated heterocycles. The predicted octanol–water partition coefficient (Wildman–Crippen LogP) is 4.71. The lowest BCUT2D eigenvalue weighted by Crippen LogP contribution is -2.36. The van der Waals surface area contributed by atoms with E-state index in [2.05, 4.69) is 29.2 Å². The average Bonchev–Trinajstić information content (AvgIpc) is 2.73. The van der Waals surface area contributed by atoms with Crippen LogP contribution in [0.15, 0.2) is 53.4 Å². The van der Waals surface area contributed by atoms with Gasteiger partial charge >= 0.3 is 0 Å². The van der Waals surface area contributed by atoms with Crippen LogP contribution in [0.1, 0.15) is 18.4 Å². The molecular weight excluding hydrogens is 392 g/mol. The molecule has 1 amide bonds. The van der Waals surface area contributed by atoms with Gasteiger partial charge in [0, 0.05) is 48.7 Å². The van der Waals surface area contributed by atoms with Gasteiger partial charge in [0.25, 0.3) is 0 Å². The van der Waals surface area contributed by atoms with Crippen molar-refractivity contribution in [2.45, 2.75) is 24.3 Å². The van der Waals surface area contributed by atoms with E-state index in [1.807, 2.05) is 36.2 Å². The van der Waals surface area contributed by atoms with Crippen molar-refractivity contribution in [2.75, 3.05) is 44.0 Å². The third-order valence-corrected chi connectivity index (χ3v) is 6.13. The highest BCUT2D eigenvalue weighted by atomic mass is 35.5. The summed E-state index contributed by atoms with van der Waals surface area (Å²) in [6.45, 7) is 4.09. The molecular formula is C22H27ClN2O2S. The number of ether oxygens (including phenoxy) is 1. The minimum Gasteiger partial charge on any atom is -0.378 e. The molecule has 4 nitrogen and oxygen atoms in total. The van der Waals surface area contributed by atoms with Crippen molar-refractivity contribution in [1.29, 1.82) is 0 Å². The van der Waals surface area contributed by atoms with Crippen LogP contribution in [-0.4, -0.2) is 49.9 Å². The van der Waals surface area contributed by atoms with Gasteiger partial charge in [-0.1, -0.05) is 23.7 Å². The molecule has 1 fully saturated rings. The zero-order valence-corrected chi connectivity index (χ0v) is 17.8. The molecule has 0 aromatic heterocycles. The van der Waals surface area contributed by atoms with E-state index >= 15 is 0 Å². The lowest BCUT2D eigenvalue weighted by atomic mass is 10.1. The number of hydrogen-bond acceptors (Lipinski definition) is 4. The minimum atomic E-state index is 0.189. The molecule has 2 aromatic carbocycles. The molecule has 150 valence electrons. The summed E-state index contributed by atoms with van der Waals surface area (Å²) in [5, 5.41) is 0.749. The standard InChI is InChI=1S/C22H27ClN2O2S/c1-24(22(26)3-2-16-28-21-10-6-19(23)7-11-21)17-18-4-8-20(9-5-18)25-12-14-27-15-13-25/h4-11H,2-3,12-17H2,1H3. The van der Waals surface area contributed by atoms with Crippen LogP contribution in [0.2, 0.25) is 5.02 Å². The fourth-order valence-electron chi connectivity index (χ4n) is 3.13. The third-order valence-electron chi connectivity index (χ3n) is 4.78. The maximum atomic E-state index is 12.4. The molecule has 0 radical (unpaired) electrons. The van der Waals surface area contributed by atoms with Crippen molar-refractivity contribution < 1.29 is 9.53 Å². The summed E-state index contributed by atoms with van der Waals surface area (Å²) < 4.78 is 5.40. The number of carbonyl (C=O) groups excluding carboxylic acids is 1. The van der Waals surface area contributed by atoms with Gasteiger partial charge in [-0.15, -0.1) is 11.8 Å². The molecule has 1 heterocycles. The maximum Gasteiger partial charge on any atom is 0.222 e. The molecule has 2 aromatic rings. The van der Waals surface area contributed by atoms with Crippen molar-refractivity contribution in [1.82, 2.24) is 4.90 Å². The quantitative estimate of drug-likeness (QED) is 0.459. The van der Waals surface area contributed by atoms with Crippen molar-refractivity contribution in [2.24, 2.45) is 0 Å². The Labute approximate surface area is 176 Å². The second kappa shape index (κ2) is 10.7. The number of rotatable bonds is 8. The average molecular weight is 419 g/mol. The summed E-state index contributed by atoms with van der Waals surface area (Å²) in [6.07, 6.45) is 1.44. The van der Waals surface area contributed by atoms with E-state index < -0.39 is 0 Å². The minimum absolute atomic E-state index is 0.189. The third kappa shape index (κ3) is 6.43. The van der Waals surface area contributed by atoms with Crippen molar-refractivity contribution in [3.8, 4) is 0 Å². The normalized spacial score (nSPS) is 14.1. The Morgan fingerprint density at radius 3 is 2.46 bits per heavy atom. The molecule has 0 spiro atoms. The Bertz CT molecular complexity index is 746. The highest BCUT2D eigenvalue weighted by molar-refractivity contribution is 7.99. The number of anilines is 1. The lowest BCUT2D eigenvalue weighted by molar-refractivity contribution is -0.130. The summed E-state index contributed by atoms with van der Waals surface area (Å²) in [7, 11) is 1.88. The van der Waals surface area contributed by atoms with Crippen LogP contribution in [0.3, 0.4) is 0 Å². The van der Waals surface area contributed by atoms with Crippen molar-refractivity contribution in [3.05, 3.63) is 59.1 Å². The fraction of sp³-hybridized carbons (Fsp3) is 0.409. The van der Waals surface area contributed by atoms with E-state index in [1.165, 1.54) is 10.6 Å². The van der Waals surface area contributed by atoms with Gasteiger partial charge < -0.3 is 14.5 Å². The van der Waals surface area contributed by atoms with E-state index in [0.717, 1.165) is 49.1 Å². The Balaban J connectivity index is 1.39. The second-order valence-electron chi connectivity index (χ2n) is 6.92. The van der Waals surface area contributed by atoms with Crippen molar-refractivity contribution >= 4 is 35.0 Å². The van der Waals surface area contributed by atoms with E-state index in [4.69, 9.17) is 16.3 Å². The number of carbonyl (C=O) groups is 1. The SMILES string of the molecule is CN(Cc1ccc(N2CCOCC2)cc1)C(=O)CCCSc1ccc(Cl)cc1. The van der Waals surface area contributed by atoms with Crippen LogP contribution in [-0.2, 0) is 16.1 Å². The van der Waals surface area contributed by atoms with Gasteiger partial charge in [-0.05, 0) is 54.1 Å². The van der Waals surface area contributed by atoms with E-state index in [1.54, 1.807) is 11.8 Å². The first kappa shape index (κ1) is 21.0. The maximum absolute atomic E-state index is 12.4.